The van der Waals surface area contributed by atoms with E-state index in [1.807, 2.05) is 13.8 Å². The molecule has 11 heteroatoms. The summed E-state index contributed by atoms with van der Waals surface area (Å²) < 4.78 is 0. The van der Waals surface area contributed by atoms with Crippen LogP contribution < -0.4 is 22.1 Å². The number of rotatable bonds is 9. The van der Waals surface area contributed by atoms with Crippen LogP contribution in [0.5, 0.6) is 0 Å². The fourth-order valence-corrected chi connectivity index (χ4v) is 2.71. The van der Waals surface area contributed by atoms with Crippen LogP contribution in [0.4, 0.5) is 0 Å². The Morgan fingerprint density at radius 3 is 2.37 bits per heavy atom. The van der Waals surface area contributed by atoms with E-state index in [-0.39, 0.29) is 11.8 Å². The van der Waals surface area contributed by atoms with Crippen LogP contribution in [0.1, 0.15) is 33.1 Å². The van der Waals surface area contributed by atoms with Gasteiger partial charge in [-0.3, -0.25) is 19.2 Å². The maximum Gasteiger partial charge on any atom is 0.326 e. The van der Waals surface area contributed by atoms with E-state index in [1.54, 1.807) is 0 Å². The van der Waals surface area contributed by atoms with Crippen LogP contribution in [0.25, 0.3) is 0 Å². The highest BCUT2D eigenvalue weighted by molar-refractivity contribution is 5.93. The minimum absolute atomic E-state index is 0.0780. The monoisotopic (exact) mass is 385 g/mol. The molecule has 27 heavy (non-hydrogen) atoms. The van der Waals surface area contributed by atoms with E-state index in [4.69, 9.17) is 16.6 Å². The first-order chi connectivity index (χ1) is 12.5. The molecule has 1 rings (SSSR count). The number of hydrogen-bond acceptors (Lipinski definition) is 6. The summed E-state index contributed by atoms with van der Waals surface area (Å²) in [5, 5.41) is 13.4. The number of carbonyl (C=O) groups excluding carboxylic acids is 4. The van der Waals surface area contributed by atoms with Gasteiger partial charge in [0.1, 0.15) is 12.1 Å². The second kappa shape index (κ2) is 9.86. The largest absolute Gasteiger partial charge is 0.480 e. The highest BCUT2D eigenvalue weighted by Crippen LogP contribution is 2.19. The first kappa shape index (κ1) is 22.4. The minimum atomic E-state index is -1.47. The fraction of sp³-hybridized carbons (Fsp3) is 0.688. The zero-order valence-corrected chi connectivity index (χ0v) is 15.4. The van der Waals surface area contributed by atoms with Crippen LogP contribution in [0, 0.1) is 5.92 Å². The van der Waals surface area contributed by atoms with Gasteiger partial charge >= 0.3 is 5.97 Å². The Labute approximate surface area is 156 Å². The number of carbonyl (C=O) groups is 5. The number of nitrogens with one attached hydrogen (secondary N) is 2. The maximum atomic E-state index is 12.4. The summed E-state index contributed by atoms with van der Waals surface area (Å²) in [6.07, 6.45) is 0.525. The van der Waals surface area contributed by atoms with Crippen molar-refractivity contribution in [3.8, 4) is 0 Å². The lowest BCUT2D eigenvalue weighted by Gasteiger charge is -2.28. The summed E-state index contributed by atoms with van der Waals surface area (Å²) in [7, 11) is 0. The smallest absolute Gasteiger partial charge is 0.326 e. The molecule has 0 aromatic rings. The number of nitrogens with two attached hydrogens (primary N) is 2. The van der Waals surface area contributed by atoms with Crippen molar-refractivity contribution in [3.63, 3.8) is 0 Å². The van der Waals surface area contributed by atoms with Gasteiger partial charge in [-0.15, -0.1) is 0 Å². The van der Waals surface area contributed by atoms with E-state index in [1.165, 1.54) is 4.90 Å². The Bertz CT molecular complexity index is 608. The number of amides is 4. The third kappa shape index (κ3) is 6.51. The molecule has 0 saturated carbocycles. The van der Waals surface area contributed by atoms with Crippen LogP contribution in [0.3, 0.4) is 0 Å². The molecule has 0 aliphatic carbocycles. The van der Waals surface area contributed by atoms with E-state index in [9.17, 15) is 24.0 Å². The average molecular weight is 385 g/mol. The zero-order chi connectivity index (χ0) is 20.7. The number of nitrogens with zero attached hydrogens (tertiary/aromatic N) is 1. The predicted octanol–water partition coefficient (Wildman–Crippen LogP) is -2.48. The highest BCUT2D eigenvalue weighted by atomic mass is 16.4. The van der Waals surface area contributed by atoms with Crippen LogP contribution in [-0.4, -0.2) is 70.8 Å². The van der Waals surface area contributed by atoms with Crippen LogP contribution in [0.2, 0.25) is 0 Å². The molecule has 3 atom stereocenters. The molecule has 4 amide bonds. The molecule has 7 N–H and O–H groups in total. The summed E-state index contributed by atoms with van der Waals surface area (Å²) in [6, 6.07) is -2.91. The molecule has 0 bridgehead atoms. The van der Waals surface area contributed by atoms with Gasteiger partial charge in [0.2, 0.25) is 23.6 Å². The number of likely N-dealkylation sites (tertiary alicyclic amines) is 1. The quantitative estimate of drug-likeness (QED) is 0.291. The minimum Gasteiger partial charge on any atom is -0.480 e. The van der Waals surface area contributed by atoms with Crippen molar-refractivity contribution < 1.29 is 29.1 Å². The van der Waals surface area contributed by atoms with Crippen molar-refractivity contribution in [1.29, 1.82) is 0 Å². The highest BCUT2D eigenvalue weighted by Gasteiger charge is 2.37. The van der Waals surface area contributed by atoms with Crippen molar-refractivity contribution in [3.05, 3.63) is 0 Å². The molecular formula is C16H27N5O6. The van der Waals surface area contributed by atoms with Gasteiger partial charge in [0, 0.05) is 6.54 Å². The van der Waals surface area contributed by atoms with Crippen LogP contribution in [-0.2, 0) is 24.0 Å². The molecule has 0 spiro atoms. The molecule has 1 aliphatic rings. The summed E-state index contributed by atoms with van der Waals surface area (Å²) in [5.74, 6) is -4.00. The molecule has 1 heterocycles. The van der Waals surface area contributed by atoms with E-state index >= 15 is 0 Å². The van der Waals surface area contributed by atoms with Crippen LogP contribution in [0.15, 0.2) is 0 Å². The van der Waals surface area contributed by atoms with Gasteiger partial charge in [0.25, 0.3) is 0 Å². The first-order valence-corrected chi connectivity index (χ1v) is 8.68. The topological polar surface area (TPSA) is 185 Å². The summed E-state index contributed by atoms with van der Waals surface area (Å²) in [6.45, 7) is 3.53. The molecule has 0 radical (unpaired) electrons. The Morgan fingerprint density at radius 1 is 1.22 bits per heavy atom. The van der Waals surface area contributed by atoms with Crippen molar-refractivity contribution in [2.24, 2.45) is 17.4 Å². The van der Waals surface area contributed by atoms with Gasteiger partial charge in [-0.25, -0.2) is 4.79 Å². The number of primary amides is 1. The molecule has 0 aromatic heterocycles. The molecule has 1 aliphatic heterocycles. The average Bonchev–Trinajstić information content (AvgIpc) is 3.06. The normalized spacial score (nSPS) is 18.7. The number of carboxylic acid groups (broad SMARTS) is 1. The van der Waals surface area contributed by atoms with Crippen molar-refractivity contribution in [2.45, 2.75) is 51.2 Å². The molecule has 1 saturated heterocycles. The third-order valence-corrected chi connectivity index (χ3v) is 4.30. The third-order valence-electron chi connectivity index (χ3n) is 4.30. The molecule has 152 valence electrons. The maximum absolute atomic E-state index is 12.4. The molecule has 11 nitrogen and oxygen atoms in total. The van der Waals surface area contributed by atoms with Crippen molar-refractivity contribution in [1.82, 2.24) is 15.5 Å². The van der Waals surface area contributed by atoms with Crippen molar-refractivity contribution in [2.75, 3.05) is 13.1 Å². The van der Waals surface area contributed by atoms with Gasteiger partial charge in [-0.1, -0.05) is 13.8 Å². The number of carboxylic acids is 1. The molecule has 0 aromatic carbocycles. The standard InChI is InChI=1S/C16H27N5O6/c1-8(2)13(18)15(25)21-5-3-4-10(21)14(24)19-7-12(23)20-9(16(26)27)6-11(17)22/h8-10,13H,3-7,18H2,1-2H3,(H2,17,22)(H,19,24)(H,20,23)(H,26,27). The lowest BCUT2D eigenvalue weighted by atomic mass is 10.0. The van der Waals surface area contributed by atoms with Gasteiger partial charge < -0.3 is 32.1 Å². The Kier molecular flexibility index (Phi) is 8.16. The van der Waals surface area contributed by atoms with Gasteiger partial charge in [-0.2, -0.15) is 0 Å². The Balaban J connectivity index is 2.59. The second-order valence-corrected chi connectivity index (χ2v) is 6.81. The van der Waals surface area contributed by atoms with Crippen molar-refractivity contribution >= 4 is 29.6 Å². The van der Waals surface area contributed by atoms with Gasteiger partial charge in [0.15, 0.2) is 0 Å². The second-order valence-electron chi connectivity index (χ2n) is 6.81. The number of hydrogen-bond donors (Lipinski definition) is 5. The van der Waals surface area contributed by atoms with Crippen LogP contribution >= 0.6 is 0 Å². The van der Waals surface area contributed by atoms with E-state index < -0.39 is 54.8 Å². The predicted molar refractivity (Wildman–Crippen MR) is 93.9 cm³/mol. The van der Waals surface area contributed by atoms with E-state index in [0.717, 1.165) is 0 Å². The molecule has 3 unspecified atom stereocenters. The molecular weight excluding hydrogens is 358 g/mol. The van der Waals surface area contributed by atoms with Gasteiger partial charge in [0.05, 0.1) is 19.0 Å². The molecule has 1 fully saturated rings. The fourth-order valence-electron chi connectivity index (χ4n) is 2.71. The lowest BCUT2D eigenvalue weighted by Crippen LogP contribution is -2.54. The summed E-state index contributed by atoms with van der Waals surface area (Å²) in [4.78, 5) is 59.8. The van der Waals surface area contributed by atoms with Gasteiger partial charge in [-0.05, 0) is 18.8 Å². The zero-order valence-electron chi connectivity index (χ0n) is 15.4. The Morgan fingerprint density at radius 2 is 1.85 bits per heavy atom. The summed E-state index contributed by atoms with van der Waals surface area (Å²) >= 11 is 0. The Hall–Kier alpha value is -2.69. The van der Waals surface area contributed by atoms with E-state index in [2.05, 4.69) is 10.6 Å². The first-order valence-electron chi connectivity index (χ1n) is 8.68. The summed E-state index contributed by atoms with van der Waals surface area (Å²) in [5.41, 5.74) is 10.8. The van der Waals surface area contributed by atoms with E-state index in [0.29, 0.717) is 19.4 Å². The SMILES string of the molecule is CC(C)C(N)C(=O)N1CCCC1C(=O)NCC(=O)NC(CC(N)=O)C(=O)O. The lowest BCUT2D eigenvalue weighted by molar-refractivity contribution is -0.143. The number of aliphatic carboxylic acids is 1.